The third-order valence-electron chi connectivity index (χ3n) is 19.1. The number of benzene rings is 3. The Morgan fingerprint density at radius 2 is 1.27 bits per heavy atom. The Morgan fingerprint density at radius 1 is 0.758 bits per heavy atom. The molecule has 3 heterocycles. The van der Waals surface area contributed by atoms with E-state index < -0.39 is 123 Å². The molecule has 18 atom stereocenters. The zero-order valence-corrected chi connectivity index (χ0v) is 58.0. The van der Waals surface area contributed by atoms with E-state index in [-0.39, 0.29) is 50.3 Å². The number of hydrogen-bond acceptors (Lipinski definition) is 15. The molecule has 5 N–H and O–H groups in total. The van der Waals surface area contributed by atoms with Gasteiger partial charge in [-0.1, -0.05) is 75.9 Å². The molecular weight excluding hydrogens is 1230 g/mol. The van der Waals surface area contributed by atoms with E-state index in [1.165, 1.54) is 34.2 Å². The second kappa shape index (κ2) is 31.1. The van der Waals surface area contributed by atoms with Crippen LogP contribution in [0.3, 0.4) is 0 Å². The van der Waals surface area contributed by atoms with Crippen LogP contribution >= 0.6 is 15.1 Å². The number of aliphatic hydroxyl groups excluding tert-OH is 4. The second-order valence-corrected chi connectivity index (χ2v) is 32.6. The van der Waals surface area contributed by atoms with Gasteiger partial charge in [-0.25, -0.2) is 0 Å². The molecule has 0 spiro atoms. The number of amides is 1. The fourth-order valence-corrected chi connectivity index (χ4v) is 18.1. The summed E-state index contributed by atoms with van der Waals surface area (Å²) in [6.45, 7) is 21.6. The quantitative estimate of drug-likeness (QED) is 0.0309. The molecule has 0 unspecified atom stereocenters. The number of unbranched alkanes of at least 4 members (excludes halogenated alkanes) is 4. The van der Waals surface area contributed by atoms with E-state index in [1.54, 1.807) is 53.6 Å². The van der Waals surface area contributed by atoms with Crippen LogP contribution in [-0.4, -0.2) is 180 Å². The van der Waals surface area contributed by atoms with E-state index in [0.717, 1.165) is 37.6 Å². The molecular formula is C67H106F6N2O14P2. The van der Waals surface area contributed by atoms with Crippen LogP contribution in [0.15, 0.2) is 72.8 Å². The Kier molecular flexibility index (Phi) is 26.7. The molecule has 3 aromatic carbocycles. The molecule has 16 nitrogen and oxygen atoms in total. The molecule has 91 heavy (non-hydrogen) atoms. The summed E-state index contributed by atoms with van der Waals surface area (Å²) in [7, 11) is -5.79. The molecule has 0 saturated carbocycles. The van der Waals surface area contributed by atoms with Gasteiger partial charge in [-0.15, -0.1) is 0 Å². The topological polar surface area (TPSA) is 206 Å². The monoisotopic (exact) mass is 1340 g/mol. The van der Waals surface area contributed by atoms with Gasteiger partial charge in [-0.05, 0) is 162 Å². The van der Waals surface area contributed by atoms with Crippen LogP contribution in [-0.2, 0) is 38.0 Å². The third kappa shape index (κ3) is 20.9. The maximum atomic E-state index is 14.9. The number of likely N-dealkylation sites (N-methyl/N-ethyl adjacent to an activating group) is 1. The molecule has 1 amide bonds. The first kappa shape index (κ1) is 78.1. The van der Waals surface area contributed by atoms with Gasteiger partial charge in [-0.3, -0.25) is 9.59 Å². The SMILES string of the molecule is CC[C@H]1OC(=O)[C@H](C)[C@@H](O[C@H]2C[C@@](C)(OC)[C@@H](O)[C@H](C)O2)[C@H](C)[C@@H](O[C@@H]2O[C@H](C)C[C@H](N(C)C)[C@H]2O)[C@](C)(O)C[C@@H](C)CN(C(=O)CCCCCCC[P+](c2ccc(C)cc2)(c2ccc(C)cc2)c2ccc(OC)cc2)[C@H](C)[C@@H](O)[C@]1(C)CO.F[P-](F)(F)(F)(F)F. The number of aliphatic hydroxyl groups is 5. The summed E-state index contributed by atoms with van der Waals surface area (Å²) < 4.78 is 103. The number of esters is 1. The Hall–Kier alpha value is -3.60. The van der Waals surface area contributed by atoms with E-state index in [0.29, 0.717) is 12.8 Å². The molecule has 3 aromatic rings. The number of halogens is 6. The predicted molar refractivity (Wildman–Crippen MR) is 345 cm³/mol. The zero-order chi connectivity index (χ0) is 68.5. The summed E-state index contributed by atoms with van der Waals surface area (Å²) in [5, 5.41) is 64.1. The Labute approximate surface area is 536 Å². The standard InChI is InChI=1S/C67H106N2O14P.F6P/c1-17-55-65(10,41-70)60(73)48(8)69(56(71)23-21-19-18-20-22-36-84(51-30-24-42(2)25-31-51,52-32-26-43(3)27-33-52)53-34-28-50(77-15)29-35-53)40-44(4)38-66(11,76)62(83-64-58(72)54(68(13)14)37-45(5)79-64)46(6)59(47(7)63(75)81-55)82-57-39-67(12,78-16)61(74)49(9)80-57;1-7(2,3,4,5)6/h24-35,44-49,54-55,57-62,64,70,72-74,76H,17-23,36-41H2,1-16H3;/q+1;-1/t44-,45-,46+,47-,48-,49+,54+,55-,57+,58-,59+,60-,61+,62-,64+,65-,66-,67-;/m1./s1. The molecule has 0 aliphatic carbocycles. The first-order chi connectivity index (χ1) is 42.0. The number of methoxy groups -OCH3 is 2. The van der Waals surface area contributed by atoms with Gasteiger partial charge in [-0.2, -0.15) is 0 Å². The number of nitrogens with zero attached hydrogens (tertiary/aromatic N) is 2. The van der Waals surface area contributed by atoms with Crippen molar-refractivity contribution in [3.05, 3.63) is 83.9 Å². The number of hydrogen-bond donors (Lipinski definition) is 5. The zero-order valence-electron chi connectivity index (χ0n) is 56.2. The number of carbonyl (C=O) groups is 2. The van der Waals surface area contributed by atoms with Crippen molar-refractivity contribution in [1.29, 1.82) is 0 Å². The summed E-state index contributed by atoms with van der Waals surface area (Å²) in [6, 6.07) is 25.4. The van der Waals surface area contributed by atoms with Crippen molar-refractivity contribution in [2.75, 3.05) is 47.6 Å². The predicted octanol–water partition coefficient (Wildman–Crippen LogP) is 11.4. The van der Waals surface area contributed by atoms with Crippen LogP contribution in [0.1, 0.15) is 145 Å². The van der Waals surface area contributed by atoms with Crippen molar-refractivity contribution in [3.63, 3.8) is 0 Å². The van der Waals surface area contributed by atoms with Gasteiger partial charge in [0, 0.05) is 38.5 Å². The third-order valence-corrected chi connectivity index (χ3v) is 23.6. The molecule has 3 saturated heterocycles. The average Bonchev–Trinajstić information content (AvgIpc) is 1.07. The average molecular weight is 1340 g/mol. The van der Waals surface area contributed by atoms with Gasteiger partial charge < -0.3 is 68.5 Å². The summed E-state index contributed by atoms with van der Waals surface area (Å²) in [4.78, 5) is 33.4. The van der Waals surface area contributed by atoms with Crippen LogP contribution in [0.2, 0.25) is 0 Å². The molecule has 3 aliphatic heterocycles. The summed E-state index contributed by atoms with van der Waals surface area (Å²) in [6.07, 6.45) is -3.60. The second-order valence-electron chi connectivity index (χ2n) is 27.1. The first-order valence-corrected chi connectivity index (χ1v) is 36.0. The fraction of sp³-hybridized carbons (Fsp3) is 0.701. The van der Waals surface area contributed by atoms with Crippen LogP contribution in [0.4, 0.5) is 25.2 Å². The number of cyclic esters (lactones) is 1. The summed E-state index contributed by atoms with van der Waals surface area (Å²) >= 11 is 0. The van der Waals surface area contributed by atoms with Gasteiger partial charge in [0.1, 0.15) is 47.2 Å². The van der Waals surface area contributed by atoms with Gasteiger partial charge in [0.25, 0.3) is 0 Å². The van der Waals surface area contributed by atoms with Crippen molar-refractivity contribution in [1.82, 2.24) is 9.80 Å². The van der Waals surface area contributed by atoms with Crippen LogP contribution in [0.5, 0.6) is 5.75 Å². The van der Waals surface area contributed by atoms with Crippen LogP contribution in [0, 0.1) is 37.0 Å². The number of ether oxygens (including phenoxy) is 7. The fourth-order valence-electron chi connectivity index (χ4n) is 13.7. The minimum absolute atomic E-state index is 0.0707. The first-order valence-electron chi connectivity index (χ1n) is 32.0. The van der Waals surface area contributed by atoms with E-state index in [1.807, 2.05) is 46.7 Å². The van der Waals surface area contributed by atoms with E-state index in [9.17, 15) is 60.3 Å². The molecule has 520 valence electrons. The normalized spacial score (nSPS) is 34.1. The number of aryl methyl sites for hydroxylation is 2. The van der Waals surface area contributed by atoms with Gasteiger partial charge in [0.2, 0.25) is 5.91 Å². The molecule has 0 radical (unpaired) electrons. The van der Waals surface area contributed by atoms with Gasteiger partial charge in [0.05, 0.1) is 79.0 Å². The maximum absolute atomic E-state index is 14.9. The van der Waals surface area contributed by atoms with Crippen molar-refractivity contribution in [2.45, 2.75) is 232 Å². The Balaban J connectivity index is 0.00000202. The van der Waals surface area contributed by atoms with E-state index >= 15 is 0 Å². The van der Waals surface area contributed by atoms with Crippen molar-refractivity contribution in [2.24, 2.45) is 23.2 Å². The van der Waals surface area contributed by atoms with Crippen molar-refractivity contribution >= 4 is 42.9 Å². The molecule has 0 bridgehead atoms. The van der Waals surface area contributed by atoms with Gasteiger partial charge >= 0.3 is 39.0 Å². The summed E-state index contributed by atoms with van der Waals surface area (Å²) in [5.41, 5.74) is -1.81. The van der Waals surface area contributed by atoms with Crippen LogP contribution in [0.25, 0.3) is 0 Å². The van der Waals surface area contributed by atoms with Crippen molar-refractivity contribution < 1.29 is 93.5 Å². The molecule has 3 fully saturated rings. The van der Waals surface area contributed by atoms with Gasteiger partial charge in [0.15, 0.2) is 12.6 Å². The molecule has 24 heteroatoms. The van der Waals surface area contributed by atoms with E-state index in [2.05, 4.69) is 86.6 Å². The summed E-state index contributed by atoms with van der Waals surface area (Å²) in [5.74, 6) is -2.38. The Bertz CT molecular complexity index is 2720. The minimum atomic E-state index is -10.7. The number of rotatable bonds is 20. The van der Waals surface area contributed by atoms with E-state index in [4.69, 9.17) is 33.2 Å². The number of carbonyl (C=O) groups excluding carboxylic acids is 2. The van der Waals surface area contributed by atoms with Crippen molar-refractivity contribution in [3.8, 4) is 5.75 Å². The molecule has 6 rings (SSSR count). The Morgan fingerprint density at radius 3 is 1.77 bits per heavy atom. The molecule has 0 aromatic heterocycles. The van der Waals surface area contributed by atoms with Crippen LogP contribution < -0.4 is 20.7 Å². The molecule has 3 aliphatic rings.